The molecule has 1 saturated heterocycles. The Kier molecular flexibility index (Phi) is 5.21. The number of halogens is 1. The number of aromatic nitrogens is 1. The van der Waals surface area contributed by atoms with E-state index in [9.17, 15) is 9.18 Å². The molecular weight excluding hydrogens is 355 g/mol. The summed E-state index contributed by atoms with van der Waals surface area (Å²) < 4.78 is 14.0. The van der Waals surface area contributed by atoms with Crippen molar-refractivity contribution in [1.29, 1.82) is 0 Å². The molecule has 1 atom stereocenters. The molecule has 144 valence electrons. The zero-order valence-corrected chi connectivity index (χ0v) is 15.8. The van der Waals surface area contributed by atoms with Crippen molar-refractivity contribution in [2.24, 2.45) is 0 Å². The molecule has 0 radical (unpaired) electrons. The van der Waals surface area contributed by atoms with Crippen molar-refractivity contribution in [3.63, 3.8) is 0 Å². The highest BCUT2D eigenvalue weighted by atomic mass is 19.1. The lowest BCUT2D eigenvalue weighted by atomic mass is 10.1. The minimum Gasteiger partial charge on any atom is -0.367 e. The highest BCUT2D eigenvalue weighted by molar-refractivity contribution is 6.02. The van der Waals surface area contributed by atoms with Crippen molar-refractivity contribution in [2.45, 2.75) is 13.0 Å². The molecule has 0 spiro atoms. The summed E-state index contributed by atoms with van der Waals surface area (Å²) in [5.74, 6) is -0.248. The lowest BCUT2D eigenvalue weighted by molar-refractivity contribution is -0.120. The van der Waals surface area contributed by atoms with E-state index in [0.29, 0.717) is 31.9 Å². The summed E-state index contributed by atoms with van der Waals surface area (Å²) in [6.07, 6.45) is 1.74. The standard InChI is InChI=1S/C22H23FN4O/c1-16(22(28)25-20-9-4-8-19-17(20)6-5-11-24-19)26-12-14-27(15-13-26)21-10-3-2-7-18(21)23/h2-11,16H,12-15H2,1H3,(H,25,28). The van der Waals surface area contributed by atoms with E-state index in [4.69, 9.17) is 0 Å². The quantitative estimate of drug-likeness (QED) is 0.755. The normalized spacial score (nSPS) is 16.1. The number of carbonyl (C=O) groups excluding carboxylic acids is 1. The summed E-state index contributed by atoms with van der Waals surface area (Å²) in [5.41, 5.74) is 2.25. The number of nitrogens with zero attached hydrogens (tertiary/aromatic N) is 3. The average molecular weight is 378 g/mol. The van der Waals surface area contributed by atoms with Crippen molar-refractivity contribution < 1.29 is 9.18 Å². The number of rotatable bonds is 4. The van der Waals surface area contributed by atoms with Crippen molar-refractivity contribution in [3.05, 3.63) is 66.6 Å². The Morgan fingerprint density at radius 1 is 1.04 bits per heavy atom. The summed E-state index contributed by atoms with van der Waals surface area (Å²) >= 11 is 0. The van der Waals surface area contributed by atoms with Gasteiger partial charge >= 0.3 is 0 Å². The Labute approximate surface area is 163 Å². The van der Waals surface area contributed by atoms with Crippen molar-refractivity contribution in [2.75, 3.05) is 36.4 Å². The number of hydrogen-bond donors (Lipinski definition) is 1. The van der Waals surface area contributed by atoms with E-state index in [2.05, 4.69) is 15.2 Å². The number of para-hydroxylation sites is 1. The summed E-state index contributed by atoms with van der Waals surface area (Å²) in [7, 11) is 0. The second kappa shape index (κ2) is 7.94. The minimum absolute atomic E-state index is 0.0457. The zero-order chi connectivity index (χ0) is 19.5. The maximum atomic E-state index is 14.0. The Balaban J connectivity index is 1.40. The number of anilines is 2. The van der Waals surface area contributed by atoms with E-state index >= 15 is 0 Å². The third-order valence-electron chi connectivity index (χ3n) is 5.34. The van der Waals surface area contributed by atoms with E-state index in [1.165, 1.54) is 6.07 Å². The van der Waals surface area contributed by atoms with Crippen LogP contribution in [0.1, 0.15) is 6.92 Å². The van der Waals surface area contributed by atoms with Gasteiger partial charge in [0.05, 0.1) is 22.9 Å². The first-order valence-corrected chi connectivity index (χ1v) is 9.51. The molecule has 2 heterocycles. The fraction of sp³-hybridized carbons (Fsp3) is 0.273. The van der Waals surface area contributed by atoms with Crippen LogP contribution in [0.3, 0.4) is 0 Å². The van der Waals surface area contributed by atoms with Gasteiger partial charge in [-0.25, -0.2) is 4.39 Å². The van der Waals surface area contributed by atoms with Crippen molar-refractivity contribution >= 4 is 28.2 Å². The molecule has 1 unspecified atom stereocenters. The lowest BCUT2D eigenvalue weighted by Gasteiger charge is -2.38. The number of amides is 1. The minimum atomic E-state index is -0.269. The number of piperazine rings is 1. The van der Waals surface area contributed by atoms with E-state index in [0.717, 1.165) is 16.6 Å². The first-order chi connectivity index (χ1) is 13.6. The maximum Gasteiger partial charge on any atom is 0.241 e. The Hall–Kier alpha value is -2.99. The van der Waals surface area contributed by atoms with E-state index in [1.54, 1.807) is 18.3 Å². The van der Waals surface area contributed by atoms with Gasteiger partial charge in [0, 0.05) is 37.8 Å². The first-order valence-electron chi connectivity index (χ1n) is 9.51. The van der Waals surface area contributed by atoms with Crippen LogP contribution in [-0.4, -0.2) is 48.0 Å². The van der Waals surface area contributed by atoms with Gasteiger partial charge in [0.1, 0.15) is 5.82 Å². The van der Waals surface area contributed by atoms with E-state index in [-0.39, 0.29) is 17.8 Å². The molecule has 1 N–H and O–H groups in total. The lowest BCUT2D eigenvalue weighted by Crippen LogP contribution is -2.53. The number of carbonyl (C=O) groups is 1. The molecule has 1 amide bonds. The van der Waals surface area contributed by atoms with Gasteiger partial charge in [0.25, 0.3) is 0 Å². The average Bonchev–Trinajstić information content (AvgIpc) is 2.74. The molecule has 0 saturated carbocycles. The van der Waals surface area contributed by atoms with Crippen LogP contribution >= 0.6 is 0 Å². The van der Waals surface area contributed by atoms with Gasteiger partial charge in [-0.2, -0.15) is 0 Å². The van der Waals surface area contributed by atoms with Gasteiger partial charge < -0.3 is 10.2 Å². The van der Waals surface area contributed by atoms with Gasteiger partial charge in [-0.15, -0.1) is 0 Å². The van der Waals surface area contributed by atoms with Crippen LogP contribution in [0.15, 0.2) is 60.8 Å². The third kappa shape index (κ3) is 3.68. The molecule has 3 aromatic rings. The van der Waals surface area contributed by atoms with Crippen molar-refractivity contribution in [3.8, 4) is 0 Å². The SMILES string of the molecule is CC(C(=O)Nc1cccc2ncccc12)N1CCN(c2ccccc2F)CC1. The van der Waals surface area contributed by atoms with Crippen LogP contribution in [-0.2, 0) is 4.79 Å². The van der Waals surface area contributed by atoms with Gasteiger partial charge in [-0.1, -0.05) is 18.2 Å². The topological polar surface area (TPSA) is 48.5 Å². The molecule has 1 aromatic heterocycles. The molecule has 0 bridgehead atoms. The zero-order valence-electron chi connectivity index (χ0n) is 15.8. The summed E-state index contributed by atoms with van der Waals surface area (Å²) in [5, 5.41) is 3.97. The molecule has 0 aliphatic carbocycles. The Morgan fingerprint density at radius 2 is 1.82 bits per heavy atom. The van der Waals surface area contributed by atoms with Crippen LogP contribution in [0.4, 0.5) is 15.8 Å². The van der Waals surface area contributed by atoms with Crippen LogP contribution in [0.5, 0.6) is 0 Å². The van der Waals surface area contributed by atoms with Crippen LogP contribution in [0, 0.1) is 5.82 Å². The fourth-order valence-corrected chi connectivity index (χ4v) is 3.67. The van der Waals surface area contributed by atoms with Crippen LogP contribution < -0.4 is 10.2 Å². The molecule has 1 fully saturated rings. The number of benzene rings is 2. The highest BCUT2D eigenvalue weighted by Gasteiger charge is 2.26. The smallest absolute Gasteiger partial charge is 0.241 e. The monoisotopic (exact) mass is 378 g/mol. The van der Waals surface area contributed by atoms with Crippen molar-refractivity contribution in [1.82, 2.24) is 9.88 Å². The third-order valence-corrected chi connectivity index (χ3v) is 5.34. The van der Waals surface area contributed by atoms with Gasteiger partial charge in [-0.05, 0) is 43.3 Å². The van der Waals surface area contributed by atoms with Gasteiger partial charge in [0.15, 0.2) is 0 Å². The molecule has 28 heavy (non-hydrogen) atoms. The van der Waals surface area contributed by atoms with Crippen LogP contribution in [0.2, 0.25) is 0 Å². The summed E-state index contributed by atoms with van der Waals surface area (Å²) in [4.78, 5) is 21.3. The summed E-state index contributed by atoms with van der Waals surface area (Å²) in [6.45, 7) is 4.71. The number of hydrogen-bond acceptors (Lipinski definition) is 4. The second-order valence-corrected chi connectivity index (χ2v) is 7.02. The molecule has 5 nitrogen and oxygen atoms in total. The Bertz CT molecular complexity index is 980. The second-order valence-electron chi connectivity index (χ2n) is 7.02. The molecule has 6 heteroatoms. The number of nitrogens with one attached hydrogen (secondary N) is 1. The van der Waals surface area contributed by atoms with Gasteiger partial charge in [-0.3, -0.25) is 14.7 Å². The Morgan fingerprint density at radius 3 is 2.61 bits per heavy atom. The molecule has 4 rings (SSSR count). The maximum absolute atomic E-state index is 14.0. The summed E-state index contributed by atoms with van der Waals surface area (Å²) in [6, 6.07) is 16.1. The fourth-order valence-electron chi connectivity index (χ4n) is 3.67. The predicted octanol–water partition coefficient (Wildman–Crippen LogP) is 3.52. The van der Waals surface area contributed by atoms with Gasteiger partial charge in [0.2, 0.25) is 5.91 Å². The van der Waals surface area contributed by atoms with Crippen LogP contribution in [0.25, 0.3) is 10.9 Å². The molecule has 1 aliphatic rings. The number of pyridine rings is 1. The highest BCUT2D eigenvalue weighted by Crippen LogP contribution is 2.23. The predicted molar refractivity (Wildman–Crippen MR) is 110 cm³/mol. The van der Waals surface area contributed by atoms with E-state index < -0.39 is 0 Å². The molecular formula is C22H23FN4O. The molecule has 1 aliphatic heterocycles. The number of fused-ring (bicyclic) bond motifs is 1. The largest absolute Gasteiger partial charge is 0.367 e. The molecule has 2 aromatic carbocycles. The van der Waals surface area contributed by atoms with E-state index in [1.807, 2.05) is 48.2 Å². The first kappa shape index (κ1) is 18.4.